The molecule has 1 aromatic carbocycles. The fourth-order valence-electron chi connectivity index (χ4n) is 5.16. The van der Waals surface area contributed by atoms with Gasteiger partial charge in [-0.3, -0.25) is 14.8 Å². The van der Waals surface area contributed by atoms with Crippen LogP contribution in [-0.4, -0.2) is 60.6 Å². The van der Waals surface area contributed by atoms with Gasteiger partial charge in [0.25, 0.3) is 0 Å². The summed E-state index contributed by atoms with van der Waals surface area (Å²) in [6.45, 7) is 2.51. The van der Waals surface area contributed by atoms with Gasteiger partial charge in [0.2, 0.25) is 17.7 Å². The number of rotatable bonds is 4. The molecule has 9 nitrogen and oxygen atoms in total. The van der Waals surface area contributed by atoms with Crippen LogP contribution in [-0.2, 0) is 4.79 Å². The van der Waals surface area contributed by atoms with E-state index in [9.17, 15) is 4.79 Å². The van der Waals surface area contributed by atoms with Crippen LogP contribution in [0.25, 0.3) is 27.7 Å². The van der Waals surface area contributed by atoms with Crippen molar-refractivity contribution in [2.75, 3.05) is 19.0 Å². The Hall–Kier alpha value is -3.75. The highest BCUT2D eigenvalue weighted by atomic mass is 16.5. The summed E-state index contributed by atoms with van der Waals surface area (Å²) in [5, 5.41) is 8.09. The first-order chi connectivity index (χ1) is 15.6. The number of likely N-dealkylation sites (tertiary alicyclic amines) is 1. The second-order valence-electron chi connectivity index (χ2n) is 8.62. The maximum absolute atomic E-state index is 11.8. The number of aromatic nitrogens is 5. The molecule has 6 rings (SSSR count). The fourth-order valence-corrected chi connectivity index (χ4v) is 5.16. The molecule has 0 radical (unpaired) electrons. The summed E-state index contributed by atoms with van der Waals surface area (Å²) in [6, 6.07) is 8.24. The lowest BCUT2D eigenvalue weighted by Gasteiger charge is -2.61. The van der Waals surface area contributed by atoms with E-state index in [2.05, 4.69) is 25.4 Å². The van der Waals surface area contributed by atoms with Crippen molar-refractivity contribution in [3.05, 3.63) is 42.9 Å². The van der Waals surface area contributed by atoms with E-state index in [1.807, 2.05) is 35.4 Å². The number of amides is 1. The Morgan fingerprint density at radius 3 is 2.72 bits per heavy atom. The molecule has 162 valence electrons. The van der Waals surface area contributed by atoms with Gasteiger partial charge in [-0.15, -0.1) is 5.10 Å². The normalized spacial score (nSPS) is 22.1. The molecule has 3 aromatic heterocycles. The van der Waals surface area contributed by atoms with Gasteiger partial charge in [-0.2, -0.15) is 4.98 Å². The Bertz CT molecular complexity index is 1360. The summed E-state index contributed by atoms with van der Waals surface area (Å²) in [5.74, 6) is 1.19. The third-order valence-corrected chi connectivity index (χ3v) is 6.79. The first-order valence-electron chi connectivity index (χ1n) is 10.8. The second kappa shape index (κ2) is 6.88. The zero-order valence-electron chi connectivity index (χ0n) is 17.9. The molecule has 0 unspecified atom stereocenters. The third kappa shape index (κ3) is 2.80. The molecule has 4 aromatic rings. The molecule has 1 saturated carbocycles. The molecule has 1 aliphatic carbocycles. The first-order valence-corrected chi connectivity index (χ1v) is 10.8. The van der Waals surface area contributed by atoms with Crippen LogP contribution in [0.3, 0.4) is 0 Å². The van der Waals surface area contributed by atoms with Crippen molar-refractivity contribution >= 4 is 28.4 Å². The zero-order valence-corrected chi connectivity index (χ0v) is 17.9. The van der Waals surface area contributed by atoms with Crippen molar-refractivity contribution in [3.63, 3.8) is 0 Å². The monoisotopic (exact) mass is 429 g/mol. The van der Waals surface area contributed by atoms with Crippen molar-refractivity contribution < 1.29 is 9.53 Å². The molecule has 2 aliphatic rings. The van der Waals surface area contributed by atoms with Crippen LogP contribution in [0, 0.1) is 0 Å². The Morgan fingerprint density at radius 1 is 1.19 bits per heavy atom. The number of fused-ring (bicyclic) bond motifs is 2. The van der Waals surface area contributed by atoms with Gasteiger partial charge in [-0.1, -0.05) is 6.07 Å². The molecular weight excluding hydrogens is 406 g/mol. The van der Waals surface area contributed by atoms with Crippen LogP contribution in [0.2, 0.25) is 0 Å². The van der Waals surface area contributed by atoms with Crippen molar-refractivity contribution in [2.45, 2.75) is 37.8 Å². The van der Waals surface area contributed by atoms with E-state index >= 15 is 0 Å². The van der Waals surface area contributed by atoms with Crippen LogP contribution in [0.15, 0.2) is 42.9 Å². The lowest BCUT2D eigenvalue weighted by atomic mass is 9.64. The Balaban J connectivity index is 1.29. The van der Waals surface area contributed by atoms with E-state index in [4.69, 9.17) is 4.74 Å². The van der Waals surface area contributed by atoms with Gasteiger partial charge in [0.1, 0.15) is 5.52 Å². The molecule has 0 bridgehead atoms. The van der Waals surface area contributed by atoms with Gasteiger partial charge in [0.15, 0.2) is 0 Å². The average molecular weight is 429 g/mol. The topological polar surface area (TPSA) is 97.5 Å². The van der Waals surface area contributed by atoms with Gasteiger partial charge < -0.3 is 15.0 Å². The van der Waals surface area contributed by atoms with E-state index in [0.717, 1.165) is 53.5 Å². The molecule has 1 spiro atoms. The van der Waals surface area contributed by atoms with Crippen LogP contribution in [0.1, 0.15) is 26.2 Å². The number of anilines is 1. The highest BCUT2D eigenvalue weighted by Gasteiger charge is 2.55. The number of carbonyl (C=O) groups is 1. The molecule has 1 N–H and O–H groups in total. The molecule has 2 fully saturated rings. The molecule has 32 heavy (non-hydrogen) atoms. The van der Waals surface area contributed by atoms with E-state index in [-0.39, 0.29) is 17.5 Å². The van der Waals surface area contributed by atoms with E-state index in [0.29, 0.717) is 11.8 Å². The summed E-state index contributed by atoms with van der Waals surface area (Å²) in [5.41, 5.74) is 4.48. The maximum atomic E-state index is 11.8. The standard InChI is InChI=1S/C23H23N7O2/c1-14(31)29-10-6-23(29)12-16(13-23)26-22-27-21(32-2)20-17(5-9-30(20)28-22)15-3-4-18-19(11-15)25-8-7-24-18/h3-5,7-9,11,16H,6,10,12-13H2,1-2H3,(H,26,28). The van der Waals surface area contributed by atoms with Gasteiger partial charge in [0.05, 0.1) is 18.1 Å². The number of ether oxygens (including phenoxy) is 1. The fraction of sp³-hybridized carbons (Fsp3) is 0.348. The number of carbonyl (C=O) groups excluding carboxylic acids is 1. The Kier molecular flexibility index (Phi) is 4.08. The van der Waals surface area contributed by atoms with Crippen LogP contribution in [0.5, 0.6) is 5.88 Å². The smallest absolute Gasteiger partial charge is 0.244 e. The predicted octanol–water partition coefficient (Wildman–Crippen LogP) is 2.91. The first kappa shape index (κ1) is 19.0. The number of hydrogen-bond donors (Lipinski definition) is 1. The van der Waals surface area contributed by atoms with E-state index in [1.165, 1.54) is 0 Å². The predicted molar refractivity (Wildman–Crippen MR) is 119 cm³/mol. The highest BCUT2D eigenvalue weighted by Crippen LogP contribution is 2.48. The summed E-state index contributed by atoms with van der Waals surface area (Å²) >= 11 is 0. The summed E-state index contributed by atoms with van der Waals surface area (Å²) < 4.78 is 7.43. The molecule has 4 heterocycles. The molecule has 0 atom stereocenters. The van der Waals surface area contributed by atoms with E-state index in [1.54, 1.807) is 30.9 Å². The number of nitrogens with one attached hydrogen (secondary N) is 1. The van der Waals surface area contributed by atoms with Crippen molar-refractivity contribution in [3.8, 4) is 17.0 Å². The lowest BCUT2D eigenvalue weighted by Crippen LogP contribution is -2.70. The van der Waals surface area contributed by atoms with Crippen LogP contribution in [0.4, 0.5) is 5.95 Å². The van der Waals surface area contributed by atoms with Crippen LogP contribution >= 0.6 is 0 Å². The number of methoxy groups -OCH3 is 1. The average Bonchev–Trinajstić information content (AvgIpc) is 3.17. The third-order valence-electron chi connectivity index (χ3n) is 6.79. The van der Waals surface area contributed by atoms with Crippen LogP contribution < -0.4 is 10.1 Å². The quantitative estimate of drug-likeness (QED) is 0.533. The summed E-state index contributed by atoms with van der Waals surface area (Å²) in [7, 11) is 1.62. The van der Waals surface area contributed by atoms with Crippen molar-refractivity contribution in [1.82, 2.24) is 29.5 Å². The zero-order chi connectivity index (χ0) is 21.9. The SMILES string of the molecule is COc1nc(NC2CC3(CCN3C(C)=O)C2)nn2ccc(-c3ccc4nccnc4c3)c12. The lowest BCUT2D eigenvalue weighted by molar-refractivity contribution is -0.154. The maximum Gasteiger partial charge on any atom is 0.244 e. The molecule has 1 saturated heterocycles. The number of hydrogen-bond acceptors (Lipinski definition) is 7. The minimum Gasteiger partial charge on any atom is -0.479 e. The minimum atomic E-state index is 0.0390. The Labute approximate surface area is 184 Å². The van der Waals surface area contributed by atoms with Crippen molar-refractivity contribution in [1.29, 1.82) is 0 Å². The van der Waals surface area contributed by atoms with Gasteiger partial charge in [-0.05, 0) is 43.0 Å². The number of benzene rings is 1. The minimum absolute atomic E-state index is 0.0390. The van der Waals surface area contributed by atoms with Gasteiger partial charge in [0, 0.05) is 49.2 Å². The number of nitrogens with zero attached hydrogens (tertiary/aromatic N) is 6. The largest absolute Gasteiger partial charge is 0.479 e. The highest BCUT2D eigenvalue weighted by molar-refractivity contribution is 5.89. The Morgan fingerprint density at radius 2 is 2.00 bits per heavy atom. The van der Waals surface area contributed by atoms with E-state index < -0.39 is 0 Å². The molecule has 1 aliphatic heterocycles. The van der Waals surface area contributed by atoms with Gasteiger partial charge >= 0.3 is 0 Å². The molecule has 1 amide bonds. The summed E-state index contributed by atoms with van der Waals surface area (Å²) in [4.78, 5) is 27.1. The second-order valence-corrected chi connectivity index (χ2v) is 8.62. The van der Waals surface area contributed by atoms with Crippen molar-refractivity contribution in [2.24, 2.45) is 0 Å². The summed E-state index contributed by atoms with van der Waals surface area (Å²) in [6.07, 6.45) is 8.21. The van der Waals surface area contributed by atoms with Gasteiger partial charge in [-0.25, -0.2) is 4.52 Å². The molecule has 9 heteroatoms. The molecular formula is C23H23N7O2.